The number of carbonyl (C=O) groups excluding carboxylic acids is 4. The first-order valence-corrected chi connectivity index (χ1v) is 17.3. The van der Waals surface area contributed by atoms with E-state index in [1.807, 2.05) is 0 Å². The number of piperidine rings is 2. The van der Waals surface area contributed by atoms with Crippen molar-refractivity contribution in [1.29, 1.82) is 0 Å². The minimum Gasteiger partial charge on any atom is -0.493 e. The Hall–Kier alpha value is -3.27. The minimum atomic E-state index is -4.71. The molecule has 0 spiro atoms. The Morgan fingerprint density at radius 3 is 2.58 bits per heavy atom. The molecule has 1 aromatic carbocycles. The van der Waals surface area contributed by atoms with Gasteiger partial charge in [-0.3, -0.25) is 19.2 Å². The second-order valence-electron chi connectivity index (χ2n) is 10.6. The van der Waals surface area contributed by atoms with Crippen LogP contribution < -0.4 is 19.7 Å². The molecule has 1 aromatic heterocycles. The molecule has 2 saturated heterocycles. The fourth-order valence-electron chi connectivity index (χ4n) is 5.48. The van der Waals surface area contributed by atoms with Crippen LogP contribution in [0.15, 0.2) is 29.2 Å². The van der Waals surface area contributed by atoms with Crippen molar-refractivity contribution in [1.82, 2.24) is 14.9 Å². The molecule has 3 heterocycles. The van der Waals surface area contributed by atoms with Crippen LogP contribution in [0.2, 0.25) is 4.34 Å². The summed E-state index contributed by atoms with van der Waals surface area (Å²) < 4.78 is 56.0. The summed E-state index contributed by atoms with van der Waals surface area (Å²) in [6, 6.07) is 2.70. The fraction of sp³-hybridized carbons (Fsp3) is 0.517. The van der Waals surface area contributed by atoms with E-state index in [0.29, 0.717) is 30.0 Å². The van der Waals surface area contributed by atoms with E-state index in [0.717, 1.165) is 29.9 Å². The molecule has 12 nitrogen and oxygen atoms in total. The van der Waals surface area contributed by atoms with Crippen molar-refractivity contribution in [3.8, 4) is 5.75 Å². The van der Waals surface area contributed by atoms with Gasteiger partial charge in [-0.2, -0.15) is 4.72 Å². The van der Waals surface area contributed by atoms with Crippen molar-refractivity contribution < 1.29 is 41.5 Å². The molecule has 2 aromatic rings. The summed E-state index contributed by atoms with van der Waals surface area (Å²) in [6.07, 6.45) is 3.29. The summed E-state index contributed by atoms with van der Waals surface area (Å²) in [5, 5.41) is 2.58. The number of nitrogens with one attached hydrogen (secondary N) is 2. The Kier molecular flexibility index (Phi) is 11.8. The van der Waals surface area contributed by atoms with Gasteiger partial charge in [0.15, 0.2) is 5.75 Å². The topological polar surface area (TPSA) is 151 Å². The zero-order chi connectivity index (χ0) is 32.7. The zero-order valence-corrected chi connectivity index (χ0v) is 27.4. The second kappa shape index (κ2) is 15.3. The number of hydrogen-bond donors (Lipinski definition) is 2. The first-order chi connectivity index (χ1) is 21.4. The van der Waals surface area contributed by atoms with Crippen molar-refractivity contribution in [2.24, 2.45) is 0 Å². The normalized spacial score (nSPS) is 18.0. The minimum absolute atomic E-state index is 0.0427. The molecular formula is C29H36ClFN4O8S2. The number of sulfonamides is 1. The molecule has 3 amide bonds. The number of likely N-dealkylation sites (tertiary alicyclic amines) is 1. The number of anilines is 1. The average Bonchev–Trinajstić information content (AvgIpc) is 3.45. The Morgan fingerprint density at radius 1 is 1.16 bits per heavy atom. The highest BCUT2D eigenvalue weighted by molar-refractivity contribution is 7.89. The zero-order valence-electron chi connectivity index (χ0n) is 25.0. The van der Waals surface area contributed by atoms with Crippen LogP contribution >= 0.6 is 22.9 Å². The van der Waals surface area contributed by atoms with Crippen LogP contribution in [-0.4, -0.2) is 82.4 Å². The molecule has 45 heavy (non-hydrogen) atoms. The predicted octanol–water partition coefficient (Wildman–Crippen LogP) is 3.48. The van der Waals surface area contributed by atoms with Gasteiger partial charge in [-0.05, 0) is 57.2 Å². The van der Waals surface area contributed by atoms with Gasteiger partial charge in [0.2, 0.25) is 21.8 Å². The summed E-state index contributed by atoms with van der Waals surface area (Å²) in [5.41, 5.74) is -0.0427. The van der Waals surface area contributed by atoms with E-state index in [4.69, 9.17) is 21.1 Å². The first-order valence-electron chi connectivity index (χ1n) is 14.6. The van der Waals surface area contributed by atoms with Gasteiger partial charge in [0.05, 0.1) is 35.0 Å². The maximum atomic E-state index is 15.0. The van der Waals surface area contributed by atoms with Crippen molar-refractivity contribution >= 4 is 62.3 Å². The summed E-state index contributed by atoms with van der Waals surface area (Å²) in [7, 11) is -3.51. The van der Waals surface area contributed by atoms with Crippen LogP contribution in [0.3, 0.4) is 0 Å². The van der Waals surface area contributed by atoms with Gasteiger partial charge in [-0.15, -0.1) is 11.3 Å². The lowest BCUT2D eigenvalue weighted by Crippen LogP contribution is -2.57. The Balaban J connectivity index is 1.67. The molecule has 2 fully saturated rings. The third-order valence-electron chi connectivity index (χ3n) is 7.58. The number of halogens is 2. The number of rotatable bonds is 12. The van der Waals surface area contributed by atoms with Gasteiger partial charge in [-0.1, -0.05) is 11.6 Å². The first kappa shape index (κ1) is 34.6. The maximum Gasteiger partial charge on any atom is 0.307 e. The fourth-order valence-corrected chi connectivity index (χ4v) is 7.83. The van der Waals surface area contributed by atoms with E-state index < -0.39 is 57.1 Å². The van der Waals surface area contributed by atoms with E-state index >= 15 is 0 Å². The molecule has 16 heteroatoms. The molecule has 2 N–H and O–H groups in total. The van der Waals surface area contributed by atoms with Gasteiger partial charge >= 0.3 is 5.97 Å². The Bertz CT molecular complexity index is 1540. The van der Waals surface area contributed by atoms with Crippen LogP contribution in [0.4, 0.5) is 10.1 Å². The molecule has 0 saturated carbocycles. The van der Waals surface area contributed by atoms with Gasteiger partial charge < -0.3 is 24.6 Å². The monoisotopic (exact) mass is 686 g/mol. The van der Waals surface area contributed by atoms with Crippen molar-refractivity contribution in [3.05, 3.63) is 39.3 Å². The lowest BCUT2D eigenvalue weighted by atomic mass is 9.98. The second-order valence-corrected chi connectivity index (χ2v) is 14.0. The number of nitrogens with zero attached hydrogens (tertiary/aromatic N) is 2. The summed E-state index contributed by atoms with van der Waals surface area (Å²) >= 11 is 6.96. The van der Waals surface area contributed by atoms with E-state index in [2.05, 4.69) is 10.0 Å². The molecule has 2 atom stereocenters. The molecule has 4 rings (SSSR count). The molecule has 0 aliphatic carbocycles. The number of thiophene rings is 1. The number of carbonyl (C=O) groups is 4. The van der Waals surface area contributed by atoms with Gasteiger partial charge in [-0.25, -0.2) is 12.8 Å². The molecule has 2 aliphatic heterocycles. The molecule has 2 aliphatic rings. The largest absolute Gasteiger partial charge is 0.493 e. The number of esters is 1. The number of ether oxygens (including phenoxy) is 2. The number of methoxy groups -OCH3 is 1. The van der Waals surface area contributed by atoms with Crippen LogP contribution in [0, 0.1) is 5.82 Å². The average molecular weight is 687 g/mol. The number of hydrogen-bond acceptors (Lipinski definition) is 9. The Labute approximate surface area is 270 Å². The highest BCUT2D eigenvalue weighted by atomic mass is 35.5. The van der Waals surface area contributed by atoms with Crippen LogP contribution in [0.1, 0.15) is 61.5 Å². The van der Waals surface area contributed by atoms with E-state index in [9.17, 15) is 32.0 Å². The summed E-state index contributed by atoms with van der Waals surface area (Å²) in [4.78, 5) is 54.1. The standard InChI is InChI=1S/C29H36ClFN4O8S2/c1-3-43-26(37)16-19-8-4-6-12-34(19)29(39)20(17-32-28(38)22-10-11-24(30)44-22)33-45(40,41)23-15-18(31)14-21(27(23)42-2)35-13-7-5-9-25(35)36/h10-11,14-15,19-20,33H,3-9,12-13,16-17H2,1-2H3,(H,32,38)/t19-,20+/m1/s1. The number of amides is 3. The molecule has 0 unspecified atom stereocenters. The molecule has 246 valence electrons. The highest BCUT2D eigenvalue weighted by Crippen LogP contribution is 2.38. The SMILES string of the molecule is CCOC(=O)C[C@H]1CCCCN1C(=O)[C@H](CNC(=O)c1ccc(Cl)s1)NS(=O)(=O)c1cc(F)cc(N2CCCCC2=O)c1OC. The van der Waals surface area contributed by atoms with E-state index in [1.165, 1.54) is 29.0 Å². The molecule has 0 radical (unpaired) electrons. The van der Waals surface area contributed by atoms with Crippen molar-refractivity contribution in [2.75, 3.05) is 38.3 Å². The molecular weight excluding hydrogens is 651 g/mol. The van der Waals surface area contributed by atoms with Crippen molar-refractivity contribution in [3.63, 3.8) is 0 Å². The number of benzene rings is 1. The van der Waals surface area contributed by atoms with Crippen LogP contribution in [0.25, 0.3) is 0 Å². The van der Waals surface area contributed by atoms with E-state index in [-0.39, 0.29) is 54.8 Å². The third kappa shape index (κ3) is 8.51. The van der Waals surface area contributed by atoms with Crippen LogP contribution in [0.5, 0.6) is 5.75 Å². The van der Waals surface area contributed by atoms with Crippen molar-refractivity contribution in [2.45, 2.75) is 68.8 Å². The van der Waals surface area contributed by atoms with E-state index in [1.54, 1.807) is 6.92 Å². The maximum absolute atomic E-state index is 15.0. The van der Waals surface area contributed by atoms with Gasteiger partial charge in [0, 0.05) is 38.2 Å². The predicted molar refractivity (Wildman–Crippen MR) is 166 cm³/mol. The summed E-state index contributed by atoms with van der Waals surface area (Å²) in [5.74, 6) is -3.25. The lowest BCUT2D eigenvalue weighted by molar-refractivity contribution is -0.147. The smallest absolute Gasteiger partial charge is 0.307 e. The summed E-state index contributed by atoms with van der Waals surface area (Å²) in [6.45, 7) is 1.87. The quantitative estimate of drug-likeness (QED) is 0.322. The van der Waals surface area contributed by atoms with Gasteiger partial charge in [0.1, 0.15) is 16.8 Å². The Morgan fingerprint density at radius 2 is 1.91 bits per heavy atom. The lowest BCUT2D eigenvalue weighted by Gasteiger charge is -2.37. The highest BCUT2D eigenvalue weighted by Gasteiger charge is 2.37. The third-order valence-corrected chi connectivity index (χ3v) is 10.3. The molecule has 0 bridgehead atoms. The van der Waals surface area contributed by atoms with Gasteiger partial charge in [0.25, 0.3) is 5.91 Å². The van der Waals surface area contributed by atoms with Crippen LogP contribution in [-0.2, 0) is 29.1 Å².